The van der Waals surface area contributed by atoms with Crippen LogP contribution in [-0.2, 0) is 0 Å². The molecule has 0 saturated heterocycles. The number of rotatable bonds is 3. The quantitative estimate of drug-likeness (QED) is 0.561. The molecule has 7 nitrogen and oxygen atoms in total. The Labute approximate surface area is 91.7 Å². The van der Waals surface area contributed by atoms with Gasteiger partial charge in [-0.1, -0.05) is 0 Å². The number of ether oxygens (including phenoxy) is 1. The Bertz CT molecular complexity index is 472. The van der Waals surface area contributed by atoms with Crippen molar-refractivity contribution in [3.63, 3.8) is 0 Å². The largest absolute Gasteiger partial charge is 0.480 e. The van der Waals surface area contributed by atoms with Gasteiger partial charge in [0.15, 0.2) is 5.82 Å². The maximum atomic E-state index is 5.25. The van der Waals surface area contributed by atoms with Gasteiger partial charge in [0.05, 0.1) is 7.11 Å². The Balaban J connectivity index is 2.34. The Kier molecular flexibility index (Phi) is 2.88. The van der Waals surface area contributed by atoms with E-state index in [-0.39, 0.29) is 0 Å². The zero-order valence-corrected chi connectivity index (χ0v) is 8.58. The number of aromatic nitrogens is 4. The first-order valence-corrected chi connectivity index (χ1v) is 4.51. The van der Waals surface area contributed by atoms with Crippen molar-refractivity contribution in [1.82, 2.24) is 20.2 Å². The van der Waals surface area contributed by atoms with Crippen LogP contribution in [-0.4, -0.2) is 27.3 Å². The summed E-state index contributed by atoms with van der Waals surface area (Å²) in [6.07, 6.45) is 1.59. The van der Waals surface area contributed by atoms with Crippen LogP contribution in [0, 0.1) is 0 Å². The molecule has 0 atom stereocenters. The van der Waals surface area contributed by atoms with E-state index >= 15 is 0 Å². The monoisotopic (exact) mass is 218 g/mol. The van der Waals surface area contributed by atoms with Gasteiger partial charge in [0, 0.05) is 18.3 Å². The summed E-state index contributed by atoms with van der Waals surface area (Å²) in [6.45, 7) is 0. The van der Waals surface area contributed by atoms with E-state index in [2.05, 4.69) is 25.6 Å². The fraction of sp³-hybridized carbons (Fsp3) is 0.111. The van der Waals surface area contributed by atoms with E-state index in [0.29, 0.717) is 23.2 Å². The summed E-state index contributed by atoms with van der Waals surface area (Å²) in [5, 5.41) is 7.75. The first-order chi connectivity index (χ1) is 7.83. The summed E-state index contributed by atoms with van der Waals surface area (Å²) in [5.74, 6) is 6.65. The Morgan fingerprint density at radius 3 is 2.75 bits per heavy atom. The Morgan fingerprint density at radius 1 is 1.25 bits per heavy atom. The smallest absolute Gasteiger partial charge is 0.233 e. The number of anilines is 1. The number of methoxy groups -OCH3 is 1. The lowest BCUT2D eigenvalue weighted by Crippen LogP contribution is -2.09. The van der Waals surface area contributed by atoms with Crippen LogP contribution in [0.25, 0.3) is 11.5 Å². The zero-order chi connectivity index (χ0) is 11.4. The van der Waals surface area contributed by atoms with Crippen molar-refractivity contribution in [2.75, 3.05) is 12.5 Å². The van der Waals surface area contributed by atoms with Crippen molar-refractivity contribution in [2.45, 2.75) is 0 Å². The van der Waals surface area contributed by atoms with Gasteiger partial charge in [0.2, 0.25) is 5.88 Å². The van der Waals surface area contributed by atoms with E-state index in [9.17, 15) is 0 Å². The fourth-order valence-electron chi connectivity index (χ4n) is 1.11. The molecule has 0 aliphatic rings. The van der Waals surface area contributed by atoms with Crippen LogP contribution in [0.1, 0.15) is 0 Å². The minimum absolute atomic E-state index is 0.442. The minimum atomic E-state index is 0.442. The molecule has 7 heteroatoms. The third kappa shape index (κ3) is 2.04. The van der Waals surface area contributed by atoms with E-state index in [1.54, 1.807) is 24.4 Å². The lowest BCUT2D eigenvalue weighted by Gasteiger charge is -2.02. The van der Waals surface area contributed by atoms with Gasteiger partial charge >= 0.3 is 0 Å². The highest BCUT2D eigenvalue weighted by Gasteiger charge is 2.04. The fourth-order valence-corrected chi connectivity index (χ4v) is 1.11. The average Bonchev–Trinajstić information content (AvgIpc) is 2.39. The minimum Gasteiger partial charge on any atom is -0.480 e. The molecule has 2 aromatic heterocycles. The van der Waals surface area contributed by atoms with Crippen molar-refractivity contribution in [2.24, 2.45) is 5.84 Å². The molecule has 0 fully saturated rings. The molecule has 2 aromatic rings. The molecule has 0 amide bonds. The highest BCUT2D eigenvalue weighted by Crippen LogP contribution is 2.14. The van der Waals surface area contributed by atoms with Crippen LogP contribution >= 0.6 is 0 Å². The third-order valence-electron chi connectivity index (χ3n) is 1.88. The maximum absolute atomic E-state index is 5.25. The lowest BCUT2D eigenvalue weighted by atomic mass is 10.3. The summed E-state index contributed by atoms with van der Waals surface area (Å²) < 4.78 is 4.90. The van der Waals surface area contributed by atoms with Gasteiger partial charge < -0.3 is 10.2 Å². The van der Waals surface area contributed by atoms with Crippen molar-refractivity contribution in [1.29, 1.82) is 0 Å². The SMILES string of the molecule is COc1ccc(-c2nccc(NN)n2)nn1. The highest BCUT2D eigenvalue weighted by atomic mass is 16.5. The van der Waals surface area contributed by atoms with Crippen molar-refractivity contribution < 1.29 is 4.74 Å². The molecule has 2 heterocycles. The summed E-state index contributed by atoms with van der Waals surface area (Å²) in [7, 11) is 1.53. The molecule has 0 radical (unpaired) electrons. The van der Waals surface area contributed by atoms with Gasteiger partial charge in [-0.3, -0.25) is 0 Å². The van der Waals surface area contributed by atoms with Gasteiger partial charge in [-0.2, -0.15) is 0 Å². The number of nitrogens with two attached hydrogens (primary N) is 1. The Morgan fingerprint density at radius 2 is 2.12 bits per heavy atom. The third-order valence-corrected chi connectivity index (χ3v) is 1.88. The van der Waals surface area contributed by atoms with E-state index < -0.39 is 0 Å². The molecule has 82 valence electrons. The second kappa shape index (κ2) is 4.49. The van der Waals surface area contributed by atoms with E-state index in [1.807, 2.05) is 0 Å². The zero-order valence-electron chi connectivity index (χ0n) is 8.58. The van der Waals surface area contributed by atoms with Crippen molar-refractivity contribution >= 4 is 5.82 Å². The number of nitrogens with zero attached hydrogens (tertiary/aromatic N) is 4. The first-order valence-electron chi connectivity index (χ1n) is 4.51. The predicted molar refractivity (Wildman–Crippen MR) is 57.4 cm³/mol. The van der Waals surface area contributed by atoms with Crippen LogP contribution in [0.15, 0.2) is 24.4 Å². The molecular formula is C9H10N6O. The molecule has 0 aromatic carbocycles. The summed E-state index contributed by atoms with van der Waals surface area (Å²) in [5.41, 5.74) is 2.99. The molecule has 0 saturated carbocycles. The number of hydrogen-bond donors (Lipinski definition) is 2. The van der Waals surface area contributed by atoms with Gasteiger partial charge in [-0.05, 0) is 6.07 Å². The van der Waals surface area contributed by atoms with Crippen LogP contribution in [0.5, 0.6) is 5.88 Å². The van der Waals surface area contributed by atoms with Crippen molar-refractivity contribution in [3.05, 3.63) is 24.4 Å². The topological polar surface area (TPSA) is 98.8 Å². The molecule has 16 heavy (non-hydrogen) atoms. The molecule has 0 aliphatic carbocycles. The second-order valence-corrected chi connectivity index (χ2v) is 2.87. The molecular weight excluding hydrogens is 208 g/mol. The maximum Gasteiger partial charge on any atom is 0.233 e. The number of hydrazine groups is 1. The van der Waals surface area contributed by atoms with Gasteiger partial charge in [-0.25, -0.2) is 15.8 Å². The standard InChI is InChI=1S/C9H10N6O/c1-16-8-3-2-6(14-15-8)9-11-5-4-7(12-9)13-10/h2-5H,10H2,1H3,(H,11,12,13). The molecule has 0 bridgehead atoms. The van der Waals surface area contributed by atoms with Crippen LogP contribution in [0.3, 0.4) is 0 Å². The Hall–Kier alpha value is -2.28. The average molecular weight is 218 g/mol. The van der Waals surface area contributed by atoms with E-state index in [4.69, 9.17) is 10.6 Å². The van der Waals surface area contributed by atoms with E-state index in [0.717, 1.165) is 0 Å². The predicted octanol–water partition coefficient (Wildman–Crippen LogP) is 0.228. The molecule has 0 unspecified atom stereocenters. The van der Waals surface area contributed by atoms with Crippen LogP contribution in [0.4, 0.5) is 5.82 Å². The normalized spacial score (nSPS) is 9.88. The summed E-state index contributed by atoms with van der Waals surface area (Å²) in [4.78, 5) is 8.19. The second-order valence-electron chi connectivity index (χ2n) is 2.87. The molecule has 3 N–H and O–H groups in total. The highest BCUT2D eigenvalue weighted by molar-refractivity contribution is 5.51. The molecule has 0 spiro atoms. The van der Waals surface area contributed by atoms with Crippen LogP contribution < -0.4 is 16.0 Å². The lowest BCUT2D eigenvalue weighted by molar-refractivity contribution is 0.392. The van der Waals surface area contributed by atoms with Gasteiger partial charge in [-0.15, -0.1) is 10.2 Å². The van der Waals surface area contributed by atoms with Crippen LogP contribution in [0.2, 0.25) is 0 Å². The first kappa shape index (κ1) is 10.2. The van der Waals surface area contributed by atoms with E-state index in [1.165, 1.54) is 7.11 Å². The number of hydrogen-bond acceptors (Lipinski definition) is 7. The number of nitrogen functional groups attached to an aromatic ring is 1. The molecule has 0 aliphatic heterocycles. The van der Waals surface area contributed by atoms with Crippen molar-refractivity contribution in [3.8, 4) is 17.4 Å². The summed E-state index contributed by atoms with van der Waals surface area (Å²) in [6, 6.07) is 5.07. The van der Waals surface area contributed by atoms with Gasteiger partial charge in [0.1, 0.15) is 11.5 Å². The summed E-state index contributed by atoms with van der Waals surface area (Å²) >= 11 is 0. The molecule has 2 rings (SSSR count). The number of nitrogens with one attached hydrogen (secondary N) is 1. The van der Waals surface area contributed by atoms with Gasteiger partial charge in [0.25, 0.3) is 0 Å².